The van der Waals surface area contributed by atoms with Crippen LogP contribution in [-0.4, -0.2) is 24.4 Å². The predicted octanol–water partition coefficient (Wildman–Crippen LogP) is 3.62. The van der Waals surface area contributed by atoms with E-state index in [0.717, 1.165) is 16.7 Å². The summed E-state index contributed by atoms with van der Waals surface area (Å²) in [7, 11) is 0. The topological polar surface area (TPSA) is 84.2 Å². The molecule has 0 aliphatic rings. The van der Waals surface area contributed by atoms with E-state index < -0.39 is 6.04 Å². The molecule has 28 heavy (non-hydrogen) atoms. The average molecular weight is 380 g/mol. The lowest BCUT2D eigenvalue weighted by Gasteiger charge is -2.13. The van der Waals surface area contributed by atoms with Crippen LogP contribution in [0.2, 0.25) is 0 Å². The van der Waals surface area contributed by atoms with Gasteiger partial charge in [-0.05, 0) is 35.2 Å². The molecule has 2 amide bonds. The highest BCUT2D eigenvalue weighted by molar-refractivity contribution is 5.95. The molecule has 0 bridgehead atoms. The number of carbonyl (C=O) groups is 2. The van der Waals surface area contributed by atoms with Gasteiger partial charge in [-0.2, -0.15) is 0 Å². The van der Waals surface area contributed by atoms with E-state index in [1.165, 1.54) is 0 Å². The number of benzene rings is 2. The van der Waals surface area contributed by atoms with Gasteiger partial charge in [0.05, 0.1) is 12.6 Å². The highest BCUT2D eigenvalue weighted by Crippen LogP contribution is 2.18. The highest BCUT2D eigenvalue weighted by atomic mass is 16.2. The number of hydrogen-bond donors (Lipinski definition) is 3. The van der Waals surface area contributed by atoms with Gasteiger partial charge in [-0.3, -0.25) is 9.59 Å². The molecule has 1 unspecified atom stereocenters. The fourth-order valence-corrected chi connectivity index (χ4v) is 2.48. The lowest BCUT2D eigenvalue weighted by atomic mass is 10.1. The van der Waals surface area contributed by atoms with Crippen molar-refractivity contribution in [3.05, 3.63) is 78.4 Å². The van der Waals surface area contributed by atoms with Crippen molar-refractivity contribution in [2.45, 2.75) is 26.3 Å². The lowest BCUT2D eigenvalue weighted by Crippen LogP contribution is -2.44. The summed E-state index contributed by atoms with van der Waals surface area (Å²) in [6.07, 6.45) is 3.83. The van der Waals surface area contributed by atoms with Crippen molar-refractivity contribution in [3.8, 4) is 0 Å². The van der Waals surface area contributed by atoms with Gasteiger partial charge in [-0.15, -0.1) is 0 Å². The first-order chi connectivity index (χ1) is 13.5. The standard InChI is InChI=1S/C21H23N3O2.C2H6/c1-3-16-10-11-18(13-17(16)4-2)24-20(25)14-23-21(26)19(22)12-15-8-6-5-7-9-15;1-2/h3-11,13,19H,1-2,12,14,22H2,(H,23,26)(H,24,25);1-2H3. The zero-order chi connectivity index (χ0) is 20.9. The Bertz CT molecular complexity index is 801. The molecule has 0 aliphatic heterocycles. The van der Waals surface area contributed by atoms with Crippen molar-refractivity contribution >= 4 is 29.7 Å². The van der Waals surface area contributed by atoms with Gasteiger partial charge in [0.25, 0.3) is 0 Å². The first kappa shape index (κ1) is 22.9. The third-order valence-corrected chi connectivity index (χ3v) is 3.87. The summed E-state index contributed by atoms with van der Waals surface area (Å²) in [6.45, 7) is 11.3. The summed E-state index contributed by atoms with van der Waals surface area (Å²) < 4.78 is 0. The second-order valence-electron chi connectivity index (χ2n) is 5.81. The molecule has 5 nitrogen and oxygen atoms in total. The molecule has 2 aromatic rings. The Kier molecular flexibility index (Phi) is 10.0. The monoisotopic (exact) mass is 379 g/mol. The Morgan fingerprint density at radius 1 is 1.04 bits per heavy atom. The Labute approximate surface area is 167 Å². The van der Waals surface area contributed by atoms with E-state index in [-0.39, 0.29) is 18.4 Å². The minimum absolute atomic E-state index is 0.145. The number of nitrogens with two attached hydrogens (primary N) is 1. The molecule has 5 heteroatoms. The molecule has 1 atom stereocenters. The molecular formula is C23H29N3O2. The molecule has 0 aliphatic carbocycles. The van der Waals surface area contributed by atoms with E-state index >= 15 is 0 Å². The second kappa shape index (κ2) is 12.3. The fraction of sp³-hybridized carbons (Fsp3) is 0.217. The van der Waals surface area contributed by atoms with Crippen LogP contribution in [0.25, 0.3) is 12.2 Å². The summed E-state index contributed by atoms with van der Waals surface area (Å²) in [5.41, 5.74) is 9.28. The van der Waals surface area contributed by atoms with Crippen LogP contribution in [0, 0.1) is 0 Å². The molecule has 0 saturated carbocycles. The van der Waals surface area contributed by atoms with Crippen LogP contribution in [-0.2, 0) is 16.0 Å². The zero-order valence-electron chi connectivity index (χ0n) is 16.6. The minimum Gasteiger partial charge on any atom is -0.346 e. The van der Waals surface area contributed by atoms with E-state index in [0.29, 0.717) is 12.1 Å². The molecule has 0 aromatic heterocycles. The molecule has 0 spiro atoms. The van der Waals surface area contributed by atoms with Crippen LogP contribution in [0.4, 0.5) is 5.69 Å². The Morgan fingerprint density at radius 3 is 2.29 bits per heavy atom. The molecular weight excluding hydrogens is 350 g/mol. The maximum absolute atomic E-state index is 12.0. The average Bonchev–Trinajstić information content (AvgIpc) is 2.74. The number of anilines is 1. The summed E-state index contributed by atoms with van der Waals surface area (Å²) in [6, 6.07) is 14.2. The van der Waals surface area contributed by atoms with Gasteiger partial charge in [0.1, 0.15) is 0 Å². The van der Waals surface area contributed by atoms with Gasteiger partial charge in [0.2, 0.25) is 11.8 Å². The van der Waals surface area contributed by atoms with Crippen LogP contribution in [0.15, 0.2) is 61.7 Å². The van der Waals surface area contributed by atoms with Crippen LogP contribution < -0.4 is 16.4 Å². The third kappa shape index (κ3) is 7.21. The van der Waals surface area contributed by atoms with E-state index in [2.05, 4.69) is 23.8 Å². The van der Waals surface area contributed by atoms with E-state index in [1.807, 2.05) is 50.2 Å². The SMILES string of the molecule is C=Cc1ccc(NC(=O)CNC(=O)C(N)Cc2ccccc2)cc1C=C.CC. The van der Waals surface area contributed by atoms with Crippen molar-refractivity contribution in [2.75, 3.05) is 11.9 Å². The van der Waals surface area contributed by atoms with Crippen LogP contribution >= 0.6 is 0 Å². The second-order valence-corrected chi connectivity index (χ2v) is 5.81. The van der Waals surface area contributed by atoms with Gasteiger partial charge in [0.15, 0.2) is 0 Å². The quantitative estimate of drug-likeness (QED) is 0.655. The molecule has 0 heterocycles. The van der Waals surface area contributed by atoms with E-state index in [4.69, 9.17) is 5.73 Å². The van der Waals surface area contributed by atoms with Crippen LogP contribution in [0.5, 0.6) is 0 Å². The molecule has 148 valence electrons. The molecule has 0 fully saturated rings. The van der Waals surface area contributed by atoms with Crippen LogP contribution in [0.1, 0.15) is 30.5 Å². The largest absolute Gasteiger partial charge is 0.346 e. The predicted molar refractivity (Wildman–Crippen MR) is 118 cm³/mol. The number of carbonyl (C=O) groups excluding carboxylic acids is 2. The number of amides is 2. The van der Waals surface area contributed by atoms with Crippen molar-refractivity contribution in [2.24, 2.45) is 5.73 Å². The maximum atomic E-state index is 12.0. The molecule has 2 rings (SSSR count). The highest BCUT2D eigenvalue weighted by Gasteiger charge is 2.15. The van der Waals surface area contributed by atoms with Crippen LogP contribution in [0.3, 0.4) is 0 Å². The first-order valence-corrected chi connectivity index (χ1v) is 9.29. The fourth-order valence-electron chi connectivity index (χ4n) is 2.48. The Hall–Kier alpha value is -3.18. The van der Waals surface area contributed by atoms with Gasteiger partial charge < -0.3 is 16.4 Å². The van der Waals surface area contributed by atoms with Crippen molar-refractivity contribution in [3.63, 3.8) is 0 Å². The molecule has 4 N–H and O–H groups in total. The number of nitrogens with one attached hydrogen (secondary N) is 2. The third-order valence-electron chi connectivity index (χ3n) is 3.87. The van der Waals surface area contributed by atoms with Crippen molar-refractivity contribution < 1.29 is 9.59 Å². The van der Waals surface area contributed by atoms with Gasteiger partial charge >= 0.3 is 0 Å². The van der Waals surface area contributed by atoms with E-state index in [1.54, 1.807) is 24.3 Å². The Balaban J connectivity index is 0.00000190. The summed E-state index contributed by atoms with van der Waals surface area (Å²) in [5.74, 6) is -0.690. The molecule has 2 aromatic carbocycles. The van der Waals surface area contributed by atoms with Crippen molar-refractivity contribution in [1.29, 1.82) is 0 Å². The number of hydrogen-bond acceptors (Lipinski definition) is 3. The minimum atomic E-state index is -0.704. The first-order valence-electron chi connectivity index (χ1n) is 9.29. The molecule has 0 radical (unpaired) electrons. The van der Waals surface area contributed by atoms with Gasteiger partial charge in [-0.1, -0.05) is 75.6 Å². The van der Waals surface area contributed by atoms with Crippen molar-refractivity contribution in [1.82, 2.24) is 5.32 Å². The van der Waals surface area contributed by atoms with Gasteiger partial charge in [-0.25, -0.2) is 0 Å². The van der Waals surface area contributed by atoms with E-state index in [9.17, 15) is 9.59 Å². The summed E-state index contributed by atoms with van der Waals surface area (Å²) in [4.78, 5) is 24.1. The maximum Gasteiger partial charge on any atom is 0.243 e. The number of rotatable bonds is 8. The lowest BCUT2D eigenvalue weighted by molar-refractivity contribution is -0.125. The Morgan fingerprint density at radius 2 is 1.68 bits per heavy atom. The smallest absolute Gasteiger partial charge is 0.243 e. The summed E-state index contributed by atoms with van der Waals surface area (Å²) >= 11 is 0. The normalized spacial score (nSPS) is 10.7. The summed E-state index contributed by atoms with van der Waals surface area (Å²) in [5, 5.41) is 5.30. The van der Waals surface area contributed by atoms with Gasteiger partial charge in [0, 0.05) is 5.69 Å². The molecule has 0 saturated heterocycles. The zero-order valence-corrected chi connectivity index (χ0v) is 16.6.